The van der Waals surface area contributed by atoms with Gasteiger partial charge in [0.05, 0.1) is 0 Å². The van der Waals surface area contributed by atoms with Gasteiger partial charge in [-0.15, -0.1) is 0 Å². The van der Waals surface area contributed by atoms with E-state index in [2.05, 4.69) is 0 Å². The van der Waals surface area contributed by atoms with Gasteiger partial charge in [0.15, 0.2) is 0 Å². The molecule has 1 aromatic rings. The zero-order chi connectivity index (χ0) is 21.0. The van der Waals surface area contributed by atoms with Crippen molar-refractivity contribution in [1.82, 2.24) is 0 Å². The molecule has 0 aromatic heterocycles. The van der Waals surface area contributed by atoms with Gasteiger partial charge in [-0.05, 0) is 0 Å². The SMILES string of the molecule is O=[C](c1c(Cl)c(O)c(O)c(O)c1Cl)[Ge]([Si](Cl)(Cl)Cl)([Si](Cl)(Cl)Cl)[Si](Cl)(Cl)Cl. The van der Waals surface area contributed by atoms with Crippen molar-refractivity contribution in [2.45, 2.75) is 0 Å². The molecule has 0 heterocycles. The van der Waals surface area contributed by atoms with E-state index in [0.717, 1.165) is 0 Å². The Balaban J connectivity index is 4.10. The molecule has 0 bridgehead atoms. The van der Waals surface area contributed by atoms with Gasteiger partial charge < -0.3 is 0 Å². The molecule has 0 fully saturated rings. The molecule has 0 amide bonds. The van der Waals surface area contributed by atoms with Gasteiger partial charge in [-0.2, -0.15) is 0 Å². The van der Waals surface area contributed by atoms with Crippen molar-refractivity contribution in [2.75, 3.05) is 0 Å². The summed E-state index contributed by atoms with van der Waals surface area (Å²) in [5, 5.41) is 27.7. The van der Waals surface area contributed by atoms with Crippen LogP contribution in [-0.2, 0) is 0 Å². The first-order chi connectivity index (χ1) is 11.3. The Kier molecular flexibility index (Phi) is 8.90. The molecule has 0 aliphatic heterocycles. The molecule has 26 heavy (non-hydrogen) atoms. The van der Waals surface area contributed by atoms with E-state index >= 15 is 0 Å². The number of hydrogen-bond donors (Lipinski definition) is 3. The third-order valence-electron chi connectivity index (χ3n) is 3.15. The molecule has 4 nitrogen and oxygen atoms in total. The fourth-order valence-corrected chi connectivity index (χ4v) is 226. The second-order valence-electron chi connectivity index (χ2n) is 4.62. The second-order valence-corrected chi connectivity index (χ2v) is 84.6. The summed E-state index contributed by atoms with van der Waals surface area (Å²) in [6.45, 7) is 0. The van der Waals surface area contributed by atoms with Crippen molar-refractivity contribution in [3.05, 3.63) is 15.6 Å². The van der Waals surface area contributed by atoms with Crippen molar-refractivity contribution in [3.63, 3.8) is 0 Å². The number of hydrogen-bond acceptors (Lipinski definition) is 4. The van der Waals surface area contributed by atoms with Crippen LogP contribution in [0, 0.1) is 0 Å². The van der Waals surface area contributed by atoms with Gasteiger partial charge in [-0.25, -0.2) is 0 Å². The summed E-state index contributed by atoms with van der Waals surface area (Å²) in [5.41, 5.74) is -0.752. The van der Waals surface area contributed by atoms with Crippen LogP contribution in [0.2, 0.25) is 10.0 Å². The normalized spacial score (nSPS) is 13.8. The Morgan fingerprint density at radius 3 is 1.15 bits per heavy atom. The molecule has 0 saturated carbocycles. The van der Waals surface area contributed by atoms with Gasteiger partial charge in [0.25, 0.3) is 0 Å². The number of phenolic OH excluding ortho intramolecular Hbond substituents is 3. The van der Waals surface area contributed by atoms with Crippen molar-refractivity contribution in [2.24, 2.45) is 0 Å². The summed E-state index contributed by atoms with van der Waals surface area (Å²) in [4.78, 5) is 13.4. The molecule has 1 aromatic carbocycles. The molecular weight excluding hydrogens is 695 g/mol. The van der Waals surface area contributed by atoms with Crippen molar-refractivity contribution in [1.29, 1.82) is 0 Å². The number of phenols is 3. The predicted octanol–water partition coefficient (Wildman–Crippen LogP) is 6.48. The van der Waals surface area contributed by atoms with Crippen LogP contribution in [-0.4, -0.2) is 44.8 Å². The molecule has 0 atom stereocenters. The van der Waals surface area contributed by atoms with E-state index in [1.807, 2.05) is 0 Å². The molecule has 148 valence electrons. The number of carbonyl (C=O) groups excluding carboxylic acids is 1. The molecule has 0 radical (unpaired) electrons. The summed E-state index contributed by atoms with van der Waals surface area (Å²) in [6, 6.07) is 0. The predicted molar refractivity (Wildman–Crippen MR) is 121 cm³/mol. The van der Waals surface area contributed by atoms with Crippen LogP contribution in [0.3, 0.4) is 0 Å². The molecular formula is C7H3Cl11GeO4Si3. The van der Waals surface area contributed by atoms with Gasteiger partial charge in [-0.1, -0.05) is 0 Å². The second kappa shape index (κ2) is 8.66. The van der Waals surface area contributed by atoms with Crippen molar-refractivity contribution in [3.8, 4) is 17.2 Å². The average Bonchev–Trinajstić information content (AvgIpc) is 2.38. The maximum atomic E-state index is 13.4. The van der Waals surface area contributed by atoms with Crippen molar-refractivity contribution >= 4 is 152 Å². The molecule has 0 unspecified atom stereocenters. The standard InChI is InChI=1S/C7H3Cl11GeO4Si3/c8-2-1(3(9)5(21)6(22)4(2)20)7(23)19(24(10,11)12,25(13,14)15)26(16,17)18/h20-22H. The van der Waals surface area contributed by atoms with Crippen LogP contribution < -0.4 is 0 Å². The van der Waals surface area contributed by atoms with Gasteiger partial charge in [-0.3, -0.25) is 0 Å². The average molecular weight is 698 g/mol. The molecule has 19 heteroatoms. The number of rotatable bonds is 5. The third-order valence-corrected chi connectivity index (χ3v) is 147. The Labute approximate surface area is 203 Å². The Hall–Kier alpha value is 2.67. The zero-order valence-electron chi connectivity index (χ0n) is 11.4. The van der Waals surface area contributed by atoms with E-state index in [4.69, 9.17) is 123 Å². The number of aromatic hydroxyl groups is 3. The van der Waals surface area contributed by atoms with E-state index in [1.165, 1.54) is 0 Å². The van der Waals surface area contributed by atoms with Gasteiger partial charge in [0.1, 0.15) is 0 Å². The topological polar surface area (TPSA) is 77.8 Å². The summed E-state index contributed by atoms with van der Waals surface area (Å²) in [6.07, 6.45) is 0. The van der Waals surface area contributed by atoms with Crippen LogP contribution in [0.5, 0.6) is 17.2 Å². The third kappa shape index (κ3) is 4.34. The number of benzene rings is 1. The maximum absolute atomic E-state index is 13.4. The quantitative estimate of drug-likeness (QED) is 0.187. The van der Waals surface area contributed by atoms with E-state index < -0.39 is 62.4 Å². The first-order valence-corrected chi connectivity index (χ1v) is 32.1. The summed E-state index contributed by atoms with van der Waals surface area (Å²) in [7, 11) is 0. The number of halogens is 11. The number of carbonyl (C=O) groups is 1. The van der Waals surface area contributed by atoms with E-state index in [-0.39, 0.29) is 0 Å². The van der Waals surface area contributed by atoms with Crippen LogP contribution in [0.25, 0.3) is 0 Å². The summed E-state index contributed by atoms with van der Waals surface area (Å²) in [5.74, 6) is -3.23. The van der Waals surface area contributed by atoms with E-state index in [1.54, 1.807) is 0 Å². The molecule has 0 aliphatic rings. The molecule has 0 saturated heterocycles. The minimum absolute atomic E-state index is 0.752. The first kappa shape index (κ1) is 26.7. The molecule has 1 rings (SSSR count). The van der Waals surface area contributed by atoms with E-state index in [9.17, 15) is 20.1 Å². The monoisotopic (exact) mass is 694 g/mol. The van der Waals surface area contributed by atoms with Crippen LogP contribution in [0.4, 0.5) is 0 Å². The fraction of sp³-hybridized carbons (Fsp3) is 0. The van der Waals surface area contributed by atoms with E-state index in [0.29, 0.717) is 0 Å². The molecule has 0 spiro atoms. The van der Waals surface area contributed by atoms with Crippen LogP contribution in [0.1, 0.15) is 10.4 Å². The fourth-order valence-electron chi connectivity index (χ4n) is 1.91. The minimum atomic E-state index is -5.38. The Bertz CT molecular complexity index is 693. The molecule has 0 aliphatic carbocycles. The van der Waals surface area contributed by atoms with Crippen LogP contribution >= 0.6 is 123 Å². The van der Waals surface area contributed by atoms with Crippen molar-refractivity contribution < 1.29 is 20.1 Å². The van der Waals surface area contributed by atoms with Gasteiger partial charge >= 0.3 is 205 Å². The summed E-state index contributed by atoms with van der Waals surface area (Å²) >= 11 is 61.5. The van der Waals surface area contributed by atoms with Crippen LogP contribution in [0.15, 0.2) is 0 Å². The Morgan fingerprint density at radius 1 is 0.654 bits per heavy atom. The Morgan fingerprint density at radius 2 is 0.923 bits per heavy atom. The summed E-state index contributed by atoms with van der Waals surface area (Å²) < 4.78 is -14.1. The van der Waals surface area contributed by atoms with Gasteiger partial charge in [0, 0.05) is 0 Å². The molecule has 3 N–H and O–H groups in total. The first-order valence-electron chi connectivity index (χ1n) is 5.70. The zero-order valence-corrected chi connectivity index (χ0v) is 24.8. The van der Waals surface area contributed by atoms with Gasteiger partial charge in [0.2, 0.25) is 0 Å².